The van der Waals surface area contributed by atoms with Gasteiger partial charge in [-0.15, -0.1) is 0 Å². The average molecular weight is 156 g/mol. The molecular weight excluding hydrogens is 140 g/mol. The van der Waals surface area contributed by atoms with E-state index in [-0.39, 0.29) is 6.23 Å². The molecule has 0 aromatic carbocycles. The molecule has 3 nitrogen and oxygen atoms in total. The van der Waals surface area contributed by atoms with Gasteiger partial charge < -0.3 is 5.11 Å². The third-order valence-electron chi connectivity index (χ3n) is 2.88. The topological polar surface area (TPSA) is 44.3 Å². The van der Waals surface area contributed by atoms with Gasteiger partial charge in [0.05, 0.1) is 0 Å². The summed E-state index contributed by atoms with van der Waals surface area (Å²) in [4.78, 5) is 0. The van der Waals surface area contributed by atoms with Crippen molar-refractivity contribution in [3.05, 3.63) is 0 Å². The van der Waals surface area contributed by atoms with Gasteiger partial charge in [0.15, 0.2) is 0 Å². The molecule has 2 rings (SSSR count). The van der Waals surface area contributed by atoms with Gasteiger partial charge in [-0.3, -0.25) is 5.43 Å². The molecule has 1 saturated carbocycles. The van der Waals surface area contributed by atoms with Crippen molar-refractivity contribution in [2.24, 2.45) is 5.92 Å². The van der Waals surface area contributed by atoms with Crippen LogP contribution in [0, 0.1) is 5.92 Å². The minimum absolute atomic E-state index is 0.319. The Morgan fingerprint density at radius 3 is 2.36 bits per heavy atom. The van der Waals surface area contributed by atoms with Crippen LogP contribution < -0.4 is 10.9 Å². The normalized spacial score (nSPS) is 40.1. The molecule has 0 aromatic heterocycles. The van der Waals surface area contributed by atoms with E-state index in [1.807, 2.05) is 0 Å². The Labute approximate surface area is 67.1 Å². The smallest absolute Gasteiger partial charge is 0.118 e. The molecule has 1 aliphatic heterocycles. The Hall–Kier alpha value is -0.120. The van der Waals surface area contributed by atoms with Crippen LogP contribution in [0.1, 0.15) is 32.1 Å². The second-order valence-electron chi connectivity index (χ2n) is 3.69. The second kappa shape index (κ2) is 3.09. The highest BCUT2D eigenvalue weighted by Crippen LogP contribution is 2.30. The minimum Gasteiger partial charge on any atom is -0.377 e. The van der Waals surface area contributed by atoms with E-state index in [1.165, 1.54) is 25.7 Å². The first-order valence-corrected chi connectivity index (χ1v) is 4.55. The third-order valence-corrected chi connectivity index (χ3v) is 2.88. The lowest BCUT2D eigenvalue weighted by Crippen LogP contribution is -2.36. The highest BCUT2D eigenvalue weighted by Gasteiger charge is 2.30. The predicted octanol–water partition coefficient (Wildman–Crippen LogP) is 0.361. The molecule has 64 valence electrons. The molecule has 2 atom stereocenters. The van der Waals surface area contributed by atoms with Gasteiger partial charge in [0.25, 0.3) is 0 Å². The van der Waals surface area contributed by atoms with Gasteiger partial charge in [-0.1, -0.05) is 12.8 Å². The van der Waals surface area contributed by atoms with Crippen molar-refractivity contribution in [3.63, 3.8) is 0 Å². The first kappa shape index (κ1) is 7.53. The second-order valence-corrected chi connectivity index (χ2v) is 3.69. The van der Waals surface area contributed by atoms with E-state index in [1.54, 1.807) is 0 Å². The maximum atomic E-state index is 9.19. The van der Waals surface area contributed by atoms with Crippen molar-refractivity contribution >= 4 is 0 Å². The predicted molar refractivity (Wildman–Crippen MR) is 42.6 cm³/mol. The lowest BCUT2D eigenvalue weighted by atomic mass is 9.97. The van der Waals surface area contributed by atoms with Gasteiger partial charge in [0, 0.05) is 12.5 Å². The Bertz CT molecular complexity index is 134. The first-order valence-electron chi connectivity index (χ1n) is 4.55. The van der Waals surface area contributed by atoms with Crippen LogP contribution in [0.2, 0.25) is 0 Å². The number of aliphatic hydroxyl groups is 1. The molecule has 2 fully saturated rings. The minimum atomic E-state index is -0.319. The first-order chi connectivity index (χ1) is 5.36. The maximum absolute atomic E-state index is 9.19. The van der Waals surface area contributed by atoms with Crippen molar-refractivity contribution in [1.82, 2.24) is 10.9 Å². The van der Waals surface area contributed by atoms with Gasteiger partial charge in [-0.25, -0.2) is 5.43 Å². The van der Waals surface area contributed by atoms with Crippen LogP contribution in [0.15, 0.2) is 0 Å². The highest BCUT2D eigenvalue weighted by molar-refractivity contribution is 4.84. The molecule has 3 heteroatoms. The number of nitrogens with one attached hydrogen (secondary N) is 2. The zero-order valence-corrected chi connectivity index (χ0v) is 6.71. The summed E-state index contributed by atoms with van der Waals surface area (Å²) in [5.74, 6) is 0.805. The van der Waals surface area contributed by atoms with Gasteiger partial charge in [-0.05, 0) is 18.8 Å². The summed E-state index contributed by atoms with van der Waals surface area (Å²) >= 11 is 0. The molecule has 3 N–H and O–H groups in total. The lowest BCUT2D eigenvalue weighted by Gasteiger charge is -2.16. The van der Waals surface area contributed by atoms with E-state index in [4.69, 9.17) is 0 Å². The largest absolute Gasteiger partial charge is 0.377 e. The molecule has 0 spiro atoms. The summed E-state index contributed by atoms with van der Waals surface area (Å²) in [5, 5.41) is 9.19. The Kier molecular flexibility index (Phi) is 2.11. The molecule has 1 saturated heterocycles. The fourth-order valence-electron chi connectivity index (χ4n) is 2.23. The summed E-state index contributed by atoms with van der Waals surface area (Å²) in [5.41, 5.74) is 6.00. The van der Waals surface area contributed by atoms with E-state index in [2.05, 4.69) is 10.9 Å². The van der Waals surface area contributed by atoms with E-state index < -0.39 is 0 Å². The quantitative estimate of drug-likeness (QED) is 0.513. The number of hydrogen-bond acceptors (Lipinski definition) is 3. The zero-order valence-electron chi connectivity index (χ0n) is 6.71. The van der Waals surface area contributed by atoms with Crippen molar-refractivity contribution in [2.75, 3.05) is 0 Å². The third kappa shape index (κ3) is 1.55. The molecule has 1 aliphatic carbocycles. The number of aliphatic hydroxyl groups excluding tert-OH is 1. The lowest BCUT2D eigenvalue weighted by molar-refractivity contribution is 0.152. The van der Waals surface area contributed by atoms with Gasteiger partial charge >= 0.3 is 0 Å². The average Bonchev–Trinajstić information content (AvgIpc) is 2.55. The van der Waals surface area contributed by atoms with Crippen LogP contribution in [0.4, 0.5) is 0 Å². The monoisotopic (exact) mass is 156 g/mol. The Balaban J connectivity index is 1.85. The van der Waals surface area contributed by atoms with Crippen LogP contribution in [0.5, 0.6) is 0 Å². The molecule has 2 aliphatic rings. The van der Waals surface area contributed by atoms with E-state index >= 15 is 0 Å². The molecular formula is C8H16N2O. The summed E-state index contributed by atoms with van der Waals surface area (Å²) in [7, 11) is 0. The fourth-order valence-corrected chi connectivity index (χ4v) is 2.23. The van der Waals surface area contributed by atoms with Crippen LogP contribution in [-0.4, -0.2) is 17.4 Å². The van der Waals surface area contributed by atoms with Gasteiger partial charge in [0.2, 0.25) is 0 Å². The van der Waals surface area contributed by atoms with Crippen molar-refractivity contribution in [2.45, 2.75) is 44.4 Å². The number of hydrazine groups is 1. The molecule has 1 unspecified atom stereocenters. The van der Waals surface area contributed by atoms with Crippen molar-refractivity contribution in [1.29, 1.82) is 0 Å². The van der Waals surface area contributed by atoms with Crippen LogP contribution in [0.3, 0.4) is 0 Å². The van der Waals surface area contributed by atoms with Gasteiger partial charge in [0.1, 0.15) is 6.23 Å². The zero-order chi connectivity index (χ0) is 7.68. The molecule has 0 bridgehead atoms. The summed E-state index contributed by atoms with van der Waals surface area (Å²) in [6, 6.07) is 0.521. The van der Waals surface area contributed by atoms with Crippen LogP contribution in [0.25, 0.3) is 0 Å². The maximum Gasteiger partial charge on any atom is 0.118 e. The van der Waals surface area contributed by atoms with Crippen molar-refractivity contribution in [3.8, 4) is 0 Å². The van der Waals surface area contributed by atoms with Crippen LogP contribution >= 0.6 is 0 Å². The van der Waals surface area contributed by atoms with Crippen molar-refractivity contribution < 1.29 is 5.11 Å². The Morgan fingerprint density at radius 1 is 1.09 bits per heavy atom. The number of hydrogen-bond donors (Lipinski definition) is 3. The fraction of sp³-hybridized carbons (Fsp3) is 1.00. The number of rotatable bonds is 1. The Morgan fingerprint density at radius 2 is 1.82 bits per heavy atom. The summed E-state index contributed by atoms with van der Waals surface area (Å²) in [6.07, 6.45) is 5.99. The standard InChI is InChI=1S/C8H16N2O/c11-8-5-7(9-10-8)6-3-1-2-4-6/h6-11H,1-5H2/t7-,8?/m1/s1. The summed E-state index contributed by atoms with van der Waals surface area (Å²) < 4.78 is 0. The molecule has 1 heterocycles. The van der Waals surface area contributed by atoms with E-state index in [0.717, 1.165) is 12.3 Å². The SMILES string of the molecule is OC1C[C@H](C2CCCC2)NN1. The molecule has 0 aromatic rings. The molecule has 11 heavy (non-hydrogen) atoms. The summed E-state index contributed by atoms with van der Waals surface area (Å²) in [6.45, 7) is 0. The van der Waals surface area contributed by atoms with Gasteiger partial charge in [-0.2, -0.15) is 0 Å². The molecule has 0 amide bonds. The molecule has 0 radical (unpaired) electrons. The highest BCUT2D eigenvalue weighted by atomic mass is 16.3. The van der Waals surface area contributed by atoms with E-state index in [9.17, 15) is 5.11 Å². The van der Waals surface area contributed by atoms with Crippen LogP contribution in [-0.2, 0) is 0 Å². The van der Waals surface area contributed by atoms with E-state index in [0.29, 0.717) is 6.04 Å².